The maximum Gasteiger partial charge on any atom is 0.283 e. The molecule has 0 aromatic rings. The van der Waals surface area contributed by atoms with Gasteiger partial charge in [0.1, 0.15) is 5.54 Å². The van der Waals surface area contributed by atoms with E-state index in [1.165, 1.54) is 0 Å². The molecule has 14 heavy (non-hydrogen) atoms. The van der Waals surface area contributed by atoms with E-state index in [1.807, 2.05) is 39.6 Å². The standard InChI is InChI=1S/C9H17N3OS/c1-8(2)6(7(10)14)12(13)9(3,4)11(8)5/h1-5H3,(H2-,10,13,14)/p+1. The first-order valence-corrected chi connectivity index (χ1v) is 4.94. The van der Waals surface area contributed by atoms with E-state index in [1.54, 1.807) is 0 Å². The lowest BCUT2D eigenvalue weighted by molar-refractivity contribution is -0.827. The summed E-state index contributed by atoms with van der Waals surface area (Å²) in [5.74, 6) is 0. The Morgan fingerprint density at radius 1 is 1.43 bits per heavy atom. The average molecular weight is 216 g/mol. The zero-order chi connectivity index (χ0) is 11.3. The van der Waals surface area contributed by atoms with Crippen molar-refractivity contribution in [1.29, 1.82) is 0 Å². The van der Waals surface area contributed by atoms with Gasteiger partial charge in [-0.25, -0.2) is 4.90 Å². The van der Waals surface area contributed by atoms with Gasteiger partial charge in [-0.3, -0.25) is 5.21 Å². The van der Waals surface area contributed by atoms with Crippen LogP contribution in [0.1, 0.15) is 27.7 Å². The molecule has 0 spiro atoms. The first-order chi connectivity index (χ1) is 6.13. The van der Waals surface area contributed by atoms with Crippen LogP contribution in [0.4, 0.5) is 0 Å². The predicted molar refractivity (Wildman–Crippen MR) is 59.8 cm³/mol. The molecule has 1 heterocycles. The maximum atomic E-state index is 9.98. The van der Waals surface area contributed by atoms with E-state index < -0.39 is 5.66 Å². The van der Waals surface area contributed by atoms with Crippen LogP contribution in [0, 0.1) is 0 Å². The molecular formula is C9H18N3OS+. The Morgan fingerprint density at radius 2 is 1.86 bits per heavy atom. The van der Waals surface area contributed by atoms with Gasteiger partial charge < -0.3 is 5.73 Å². The average Bonchev–Trinajstić information content (AvgIpc) is 2.10. The number of hydrogen-bond donors (Lipinski definition) is 2. The lowest BCUT2D eigenvalue weighted by Gasteiger charge is -2.30. The molecule has 4 nitrogen and oxygen atoms in total. The lowest BCUT2D eigenvalue weighted by atomic mass is 9.97. The van der Waals surface area contributed by atoms with Crippen molar-refractivity contribution >= 4 is 22.9 Å². The molecule has 0 amide bonds. The highest BCUT2D eigenvalue weighted by Crippen LogP contribution is 2.31. The second-order valence-corrected chi connectivity index (χ2v) is 5.08. The van der Waals surface area contributed by atoms with Crippen molar-refractivity contribution in [3.63, 3.8) is 0 Å². The normalized spacial score (nSPS) is 25.5. The molecule has 0 saturated heterocycles. The number of rotatable bonds is 1. The van der Waals surface area contributed by atoms with Gasteiger partial charge in [0, 0.05) is 13.8 Å². The van der Waals surface area contributed by atoms with Crippen molar-refractivity contribution in [1.82, 2.24) is 4.90 Å². The van der Waals surface area contributed by atoms with Crippen molar-refractivity contribution in [2.24, 2.45) is 5.73 Å². The second kappa shape index (κ2) is 2.90. The summed E-state index contributed by atoms with van der Waals surface area (Å²) in [5, 5.41) is 9.98. The number of thiocarbonyl (C=S) groups is 1. The van der Waals surface area contributed by atoms with Crippen LogP contribution in [0.25, 0.3) is 0 Å². The van der Waals surface area contributed by atoms with E-state index >= 15 is 0 Å². The third-order valence-electron chi connectivity index (χ3n) is 3.20. The minimum Gasteiger partial charge on any atom is -0.385 e. The zero-order valence-corrected chi connectivity index (χ0v) is 10.1. The topological polar surface area (TPSA) is 52.5 Å². The molecule has 0 fully saturated rings. The summed E-state index contributed by atoms with van der Waals surface area (Å²) in [6.45, 7) is 7.80. The third kappa shape index (κ3) is 1.23. The van der Waals surface area contributed by atoms with Gasteiger partial charge in [-0.1, -0.05) is 12.2 Å². The zero-order valence-electron chi connectivity index (χ0n) is 9.33. The summed E-state index contributed by atoms with van der Waals surface area (Å²) < 4.78 is 1.16. The van der Waals surface area contributed by atoms with Gasteiger partial charge in [-0.05, 0) is 25.6 Å². The first-order valence-electron chi connectivity index (χ1n) is 4.53. The Bertz CT molecular complexity index is 320. The Hall–Kier alpha value is -0.680. The number of hydroxylamine groups is 1. The minimum absolute atomic E-state index is 0.245. The summed E-state index contributed by atoms with van der Waals surface area (Å²) >= 11 is 4.95. The molecule has 0 atom stereocenters. The van der Waals surface area contributed by atoms with E-state index in [2.05, 4.69) is 0 Å². The molecule has 0 bridgehead atoms. The number of nitrogens with two attached hydrogens (primary N) is 1. The Morgan fingerprint density at radius 3 is 2.00 bits per heavy atom. The van der Waals surface area contributed by atoms with Crippen LogP contribution >= 0.6 is 12.2 Å². The predicted octanol–water partition coefficient (Wildman–Crippen LogP) is 0.575. The fourth-order valence-corrected chi connectivity index (χ4v) is 2.26. The SMILES string of the molecule is CN1C(C)(C)C(C(N)=S)=[N+](O)C1(C)C. The minimum atomic E-state index is -0.484. The van der Waals surface area contributed by atoms with Crippen LogP contribution in [-0.4, -0.2) is 43.8 Å². The molecule has 1 aliphatic rings. The highest BCUT2D eigenvalue weighted by atomic mass is 32.1. The molecule has 0 unspecified atom stereocenters. The fourth-order valence-electron chi connectivity index (χ4n) is 1.92. The van der Waals surface area contributed by atoms with Crippen molar-refractivity contribution in [2.45, 2.75) is 38.9 Å². The summed E-state index contributed by atoms with van der Waals surface area (Å²) in [4.78, 5) is 2.28. The maximum absolute atomic E-state index is 9.98. The smallest absolute Gasteiger partial charge is 0.283 e. The van der Waals surface area contributed by atoms with Gasteiger partial charge in [0.15, 0.2) is 4.99 Å². The summed E-state index contributed by atoms with van der Waals surface area (Å²) in [6.07, 6.45) is 0. The van der Waals surface area contributed by atoms with E-state index in [0.29, 0.717) is 5.71 Å². The van der Waals surface area contributed by atoms with E-state index in [0.717, 1.165) is 4.74 Å². The van der Waals surface area contributed by atoms with E-state index in [4.69, 9.17) is 18.0 Å². The van der Waals surface area contributed by atoms with Gasteiger partial charge in [-0.2, -0.15) is 0 Å². The van der Waals surface area contributed by atoms with Gasteiger partial charge in [0.25, 0.3) is 11.4 Å². The molecule has 0 aromatic carbocycles. The second-order valence-electron chi connectivity index (χ2n) is 4.64. The largest absolute Gasteiger partial charge is 0.385 e. The molecule has 3 N–H and O–H groups in total. The lowest BCUT2D eigenvalue weighted by Crippen LogP contribution is -2.52. The van der Waals surface area contributed by atoms with Crippen molar-refractivity contribution in [2.75, 3.05) is 7.05 Å². The Labute approximate surface area is 90.0 Å². The van der Waals surface area contributed by atoms with Crippen molar-refractivity contribution in [3.8, 4) is 0 Å². The summed E-state index contributed by atoms with van der Waals surface area (Å²) in [5.41, 5.74) is 5.38. The van der Waals surface area contributed by atoms with Crippen molar-refractivity contribution in [3.05, 3.63) is 0 Å². The van der Waals surface area contributed by atoms with Gasteiger partial charge >= 0.3 is 0 Å². The van der Waals surface area contributed by atoms with Gasteiger partial charge in [0.05, 0.1) is 0 Å². The first kappa shape index (κ1) is 11.4. The molecule has 0 saturated carbocycles. The number of hydrogen-bond acceptors (Lipinski definition) is 3. The molecule has 0 aliphatic carbocycles. The molecule has 5 heteroatoms. The van der Waals surface area contributed by atoms with Gasteiger partial charge in [-0.15, -0.1) is 0 Å². The third-order valence-corrected chi connectivity index (χ3v) is 3.40. The van der Waals surface area contributed by atoms with Crippen LogP contribution in [0.3, 0.4) is 0 Å². The van der Waals surface area contributed by atoms with E-state index in [-0.39, 0.29) is 10.5 Å². The van der Waals surface area contributed by atoms with E-state index in [9.17, 15) is 5.21 Å². The van der Waals surface area contributed by atoms with Crippen LogP contribution in [0.2, 0.25) is 0 Å². The van der Waals surface area contributed by atoms with Crippen molar-refractivity contribution < 1.29 is 9.95 Å². The van der Waals surface area contributed by atoms with Crippen LogP contribution in [0.15, 0.2) is 0 Å². The van der Waals surface area contributed by atoms with Crippen LogP contribution in [-0.2, 0) is 0 Å². The molecule has 1 rings (SSSR count). The summed E-state index contributed by atoms with van der Waals surface area (Å²) in [7, 11) is 1.94. The molecule has 0 radical (unpaired) electrons. The Balaban J connectivity index is 3.37. The highest BCUT2D eigenvalue weighted by Gasteiger charge is 2.58. The monoisotopic (exact) mass is 216 g/mol. The van der Waals surface area contributed by atoms with Crippen LogP contribution in [0.5, 0.6) is 0 Å². The molecule has 0 aromatic heterocycles. The quantitative estimate of drug-likeness (QED) is 0.382. The van der Waals surface area contributed by atoms with Gasteiger partial charge in [0.2, 0.25) is 0 Å². The molecule has 1 aliphatic heterocycles. The van der Waals surface area contributed by atoms with Crippen LogP contribution < -0.4 is 5.73 Å². The number of nitrogens with zero attached hydrogens (tertiary/aromatic N) is 2. The molecule has 80 valence electrons. The fraction of sp³-hybridized carbons (Fsp3) is 0.778. The highest BCUT2D eigenvalue weighted by molar-refractivity contribution is 7.82. The molecular weight excluding hydrogens is 198 g/mol. The summed E-state index contributed by atoms with van der Waals surface area (Å²) in [6, 6.07) is 0. The Kier molecular flexibility index (Phi) is 2.36.